The van der Waals surface area contributed by atoms with Crippen molar-refractivity contribution in [3.05, 3.63) is 53.6 Å². The number of phosphoric ester groups is 1. The fourth-order valence-electron chi connectivity index (χ4n) is 3.19. The smallest absolute Gasteiger partial charge is 0.399 e. The minimum atomic E-state index is -4.51. The summed E-state index contributed by atoms with van der Waals surface area (Å²) in [5.41, 5.74) is 11.4. The summed E-state index contributed by atoms with van der Waals surface area (Å²) in [7, 11) is -4.51. The third-order valence-corrected chi connectivity index (χ3v) is 4.66. The first kappa shape index (κ1) is 17.1. The highest BCUT2D eigenvalue weighted by molar-refractivity contribution is 7.46. The molecule has 7 heteroatoms. The Balaban J connectivity index is 1.78. The van der Waals surface area contributed by atoms with Gasteiger partial charge in [-0.15, -0.1) is 0 Å². The maximum Gasteiger partial charge on any atom is 0.471 e. The summed E-state index contributed by atoms with van der Waals surface area (Å²) >= 11 is 0. The van der Waals surface area contributed by atoms with Crippen molar-refractivity contribution in [3.63, 3.8) is 0 Å². The number of fused-ring (bicyclic) bond motifs is 3. The molecule has 0 saturated carbocycles. The second kappa shape index (κ2) is 6.67. The minimum Gasteiger partial charge on any atom is -0.399 e. The Kier molecular flexibility index (Phi) is 4.76. The highest BCUT2D eigenvalue weighted by Gasteiger charge is 2.29. The average Bonchev–Trinajstić information content (AvgIpc) is 2.80. The van der Waals surface area contributed by atoms with Crippen molar-refractivity contribution < 1.29 is 23.6 Å². The molecular weight excluding hydrogens is 329 g/mol. The van der Waals surface area contributed by atoms with Gasteiger partial charge < -0.3 is 20.3 Å². The topological polar surface area (TPSA) is 102 Å². The van der Waals surface area contributed by atoms with E-state index in [1.54, 1.807) is 0 Å². The Morgan fingerprint density at radius 1 is 1.17 bits per heavy atom. The molecule has 0 saturated heterocycles. The van der Waals surface area contributed by atoms with E-state index in [1.807, 2.05) is 37.3 Å². The number of benzene rings is 2. The first-order chi connectivity index (χ1) is 11.3. The number of ether oxygens (including phenoxy) is 1. The molecule has 0 radical (unpaired) electrons. The molecule has 24 heavy (non-hydrogen) atoms. The van der Waals surface area contributed by atoms with E-state index in [1.165, 1.54) is 16.7 Å². The van der Waals surface area contributed by atoms with Gasteiger partial charge in [0, 0.05) is 11.6 Å². The van der Waals surface area contributed by atoms with Crippen LogP contribution in [0.1, 0.15) is 30.4 Å². The SMILES string of the molecule is CC(CC1c2ccccc2-c2cc(N)ccc21)OCOP(=O)(O)O. The van der Waals surface area contributed by atoms with Gasteiger partial charge >= 0.3 is 7.82 Å². The summed E-state index contributed by atoms with van der Waals surface area (Å²) in [4.78, 5) is 17.4. The van der Waals surface area contributed by atoms with Crippen LogP contribution in [0.2, 0.25) is 0 Å². The second-order valence-electron chi connectivity index (χ2n) is 5.94. The Labute approximate surface area is 140 Å². The molecule has 0 heterocycles. The lowest BCUT2D eigenvalue weighted by molar-refractivity contribution is -0.0435. The number of hydrogen-bond acceptors (Lipinski definition) is 4. The van der Waals surface area contributed by atoms with Crippen molar-refractivity contribution in [1.82, 2.24) is 0 Å². The standard InChI is InChI=1S/C17H20NO5P/c1-11(22-10-23-24(19,20)21)8-16-13-4-2-3-5-14(13)17-9-12(18)6-7-15(16)17/h2-7,9,11,16H,8,10,18H2,1H3,(H2,19,20,21). The van der Waals surface area contributed by atoms with Crippen LogP contribution in [0.3, 0.4) is 0 Å². The lowest BCUT2D eigenvalue weighted by Gasteiger charge is -2.19. The molecule has 2 unspecified atom stereocenters. The number of anilines is 1. The van der Waals surface area contributed by atoms with Crippen LogP contribution in [-0.2, 0) is 13.8 Å². The first-order valence-corrected chi connectivity index (χ1v) is 9.18. The zero-order valence-corrected chi connectivity index (χ0v) is 14.1. The molecule has 0 aliphatic heterocycles. The predicted octanol–water partition coefficient (Wildman–Crippen LogP) is 3.24. The van der Waals surface area contributed by atoms with Crippen molar-refractivity contribution in [3.8, 4) is 11.1 Å². The van der Waals surface area contributed by atoms with Crippen LogP contribution in [0.4, 0.5) is 5.69 Å². The molecule has 1 aliphatic carbocycles. The number of phosphoric acid groups is 1. The van der Waals surface area contributed by atoms with Crippen molar-refractivity contribution >= 4 is 13.5 Å². The summed E-state index contributed by atoms with van der Waals surface area (Å²) in [6, 6.07) is 14.1. The van der Waals surface area contributed by atoms with E-state index in [0.29, 0.717) is 6.42 Å². The Morgan fingerprint density at radius 3 is 2.62 bits per heavy atom. The molecule has 0 aromatic heterocycles. The fraction of sp³-hybridized carbons (Fsp3) is 0.294. The zero-order chi connectivity index (χ0) is 17.3. The van der Waals surface area contributed by atoms with E-state index in [2.05, 4.69) is 16.7 Å². The number of nitrogens with two attached hydrogens (primary N) is 1. The van der Waals surface area contributed by atoms with Crippen molar-refractivity contribution in [2.75, 3.05) is 12.5 Å². The van der Waals surface area contributed by atoms with Gasteiger partial charge in [-0.25, -0.2) is 4.57 Å². The van der Waals surface area contributed by atoms with E-state index in [0.717, 1.165) is 11.3 Å². The molecule has 0 amide bonds. The van der Waals surface area contributed by atoms with Crippen LogP contribution in [0.25, 0.3) is 11.1 Å². The highest BCUT2D eigenvalue weighted by Crippen LogP contribution is 2.47. The maximum atomic E-state index is 10.7. The maximum absolute atomic E-state index is 10.7. The third-order valence-electron chi connectivity index (χ3n) is 4.22. The Hall–Kier alpha value is -1.69. The van der Waals surface area contributed by atoms with E-state index in [-0.39, 0.29) is 12.0 Å². The van der Waals surface area contributed by atoms with Crippen LogP contribution in [0, 0.1) is 0 Å². The monoisotopic (exact) mass is 349 g/mol. The predicted molar refractivity (Wildman–Crippen MR) is 91.3 cm³/mol. The third kappa shape index (κ3) is 3.69. The first-order valence-electron chi connectivity index (χ1n) is 7.65. The van der Waals surface area contributed by atoms with Crippen LogP contribution in [0.15, 0.2) is 42.5 Å². The van der Waals surface area contributed by atoms with E-state index >= 15 is 0 Å². The van der Waals surface area contributed by atoms with Gasteiger partial charge in [0.15, 0.2) is 6.79 Å². The van der Waals surface area contributed by atoms with Crippen LogP contribution < -0.4 is 5.73 Å². The quantitative estimate of drug-likeness (QED) is 0.420. The van der Waals surface area contributed by atoms with Gasteiger partial charge in [0.05, 0.1) is 6.10 Å². The molecule has 2 atom stereocenters. The molecule has 6 nitrogen and oxygen atoms in total. The van der Waals surface area contributed by atoms with E-state index in [4.69, 9.17) is 20.3 Å². The summed E-state index contributed by atoms with van der Waals surface area (Å²) in [6.45, 7) is 1.43. The highest BCUT2D eigenvalue weighted by atomic mass is 31.2. The van der Waals surface area contributed by atoms with Crippen LogP contribution >= 0.6 is 7.82 Å². The lowest BCUT2D eigenvalue weighted by atomic mass is 9.91. The van der Waals surface area contributed by atoms with E-state index < -0.39 is 14.6 Å². The summed E-state index contributed by atoms with van der Waals surface area (Å²) in [5.74, 6) is 0.154. The molecule has 1 aliphatic rings. The molecule has 2 aromatic carbocycles. The average molecular weight is 349 g/mol. The molecule has 128 valence electrons. The van der Waals surface area contributed by atoms with Gasteiger partial charge in [0.2, 0.25) is 0 Å². The van der Waals surface area contributed by atoms with Crippen LogP contribution in [-0.4, -0.2) is 22.7 Å². The summed E-state index contributed by atoms with van der Waals surface area (Å²) in [6.07, 6.45) is 0.455. The van der Waals surface area contributed by atoms with Crippen molar-refractivity contribution in [2.45, 2.75) is 25.4 Å². The second-order valence-corrected chi connectivity index (χ2v) is 7.18. The van der Waals surface area contributed by atoms with E-state index in [9.17, 15) is 4.57 Å². The molecule has 4 N–H and O–H groups in total. The Bertz CT molecular complexity index is 788. The minimum absolute atomic E-state index is 0.154. The van der Waals surface area contributed by atoms with Gasteiger partial charge in [0.1, 0.15) is 0 Å². The van der Waals surface area contributed by atoms with Gasteiger partial charge in [-0.2, -0.15) is 0 Å². The van der Waals surface area contributed by atoms with Crippen LogP contribution in [0.5, 0.6) is 0 Å². The zero-order valence-electron chi connectivity index (χ0n) is 13.3. The number of rotatable bonds is 6. The molecule has 2 aromatic rings. The van der Waals surface area contributed by atoms with Crippen molar-refractivity contribution in [1.29, 1.82) is 0 Å². The molecule has 3 rings (SSSR count). The van der Waals surface area contributed by atoms with Gasteiger partial charge in [0.25, 0.3) is 0 Å². The molecule has 0 fully saturated rings. The Morgan fingerprint density at radius 2 is 1.88 bits per heavy atom. The molecule has 0 bridgehead atoms. The van der Waals surface area contributed by atoms with Gasteiger partial charge in [-0.05, 0) is 47.7 Å². The molecular formula is C17H20NO5P. The summed E-state index contributed by atoms with van der Waals surface area (Å²) < 4.78 is 20.4. The largest absolute Gasteiger partial charge is 0.471 e. The molecule has 0 spiro atoms. The number of nitrogen functional groups attached to an aromatic ring is 1. The van der Waals surface area contributed by atoms with Gasteiger partial charge in [-0.1, -0.05) is 30.3 Å². The number of hydrogen-bond donors (Lipinski definition) is 3. The van der Waals surface area contributed by atoms with Gasteiger partial charge in [-0.3, -0.25) is 4.52 Å². The lowest BCUT2D eigenvalue weighted by Crippen LogP contribution is -2.14. The van der Waals surface area contributed by atoms with Crippen molar-refractivity contribution in [2.24, 2.45) is 0 Å². The fourth-order valence-corrected chi connectivity index (χ4v) is 3.39. The normalized spacial score (nSPS) is 17.4. The summed E-state index contributed by atoms with van der Waals surface area (Å²) in [5, 5.41) is 0.